The zero-order valence-corrected chi connectivity index (χ0v) is 11.4. The first-order valence-corrected chi connectivity index (χ1v) is 7.34. The van der Waals surface area contributed by atoms with Crippen molar-refractivity contribution in [2.45, 2.75) is 17.7 Å². The molecule has 1 N–H and O–H groups in total. The van der Waals surface area contributed by atoms with Crippen molar-refractivity contribution < 1.29 is 14.7 Å². The van der Waals surface area contributed by atoms with Gasteiger partial charge >= 0.3 is 5.97 Å². The van der Waals surface area contributed by atoms with E-state index in [4.69, 9.17) is 5.11 Å². The first kappa shape index (κ1) is 13.9. The number of rotatable bonds is 6. The van der Waals surface area contributed by atoms with Gasteiger partial charge in [0, 0.05) is 24.4 Å². The van der Waals surface area contributed by atoms with E-state index in [1.54, 1.807) is 16.7 Å². The summed E-state index contributed by atoms with van der Waals surface area (Å²) in [6, 6.07) is 10.1. The molecule has 102 valence electrons. The molecule has 1 aromatic rings. The van der Waals surface area contributed by atoms with Gasteiger partial charge in [-0.2, -0.15) is 0 Å². The molecule has 1 unspecified atom stereocenters. The van der Waals surface area contributed by atoms with Gasteiger partial charge in [0.05, 0.1) is 5.92 Å². The van der Waals surface area contributed by atoms with Crippen LogP contribution >= 0.6 is 11.8 Å². The first-order valence-electron chi connectivity index (χ1n) is 6.35. The normalized spacial score (nSPS) is 18.8. The lowest BCUT2D eigenvalue weighted by molar-refractivity contribution is -0.141. The molecule has 0 aromatic heterocycles. The fourth-order valence-corrected chi connectivity index (χ4v) is 2.97. The Hall–Kier alpha value is -1.49. The molecule has 1 aliphatic heterocycles. The number of amides is 1. The van der Waals surface area contributed by atoms with E-state index >= 15 is 0 Å². The summed E-state index contributed by atoms with van der Waals surface area (Å²) < 4.78 is 0. The molecule has 1 fully saturated rings. The van der Waals surface area contributed by atoms with Gasteiger partial charge < -0.3 is 10.0 Å². The molecule has 0 radical (unpaired) electrons. The Labute approximate surface area is 116 Å². The van der Waals surface area contributed by atoms with Gasteiger partial charge in [-0.1, -0.05) is 18.2 Å². The van der Waals surface area contributed by atoms with Crippen molar-refractivity contribution in [3.05, 3.63) is 30.3 Å². The number of thioether (sulfide) groups is 1. The molecule has 1 saturated heterocycles. The minimum Gasteiger partial charge on any atom is -0.481 e. The third-order valence-corrected chi connectivity index (χ3v) is 4.25. The lowest BCUT2D eigenvalue weighted by Gasteiger charge is -2.15. The van der Waals surface area contributed by atoms with Crippen LogP contribution in [0.1, 0.15) is 12.8 Å². The fraction of sp³-hybridized carbons (Fsp3) is 0.429. The Balaban J connectivity index is 1.69. The quantitative estimate of drug-likeness (QED) is 0.640. The van der Waals surface area contributed by atoms with Crippen LogP contribution in [-0.2, 0) is 9.59 Å². The Morgan fingerprint density at radius 2 is 2.11 bits per heavy atom. The number of carboxylic acid groups (broad SMARTS) is 1. The number of hydrogen-bond donors (Lipinski definition) is 1. The van der Waals surface area contributed by atoms with E-state index in [1.807, 2.05) is 18.2 Å². The monoisotopic (exact) mass is 279 g/mol. The molecule has 19 heavy (non-hydrogen) atoms. The molecule has 1 heterocycles. The smallest absolute Gasteiger partial charge is 0.308 e. The molecule has 0 spiro atoms. The summed E-state index contributed by atoms with van der Waals surface area (Å²) in [5, 5.41) is 8.89. The minimum atomic E-state index is -0.866. The number of benzene rings is 1. The molecule has 0 aliphatic carbocycles. The van der Waals surface area contributed by atoms with Crippen LogP contribution in [0.4, 0.5) is 0 Å². The summed E-state index contributed by atoms with van der Waals surface area (Å²) in [5.74, 6) is -0.480. The summed E-state index contributed by atoms with van der Waals surface area (Å²) in [6.45, 7) is 1.02. The molecule has 0 saturated carbocycles. The molecular formula is C14H17NO3S. The van der Waals surface area contributed by atoms with Crippen LogP contribution in [0.2, 0.25) is 0 Å². The second kappa shape index (κ2) is 6.61. The molecular weight excluding hydrogens is 262 g/mol. The van der Waals surface area contributed by atoms with Crippen molar-refractivity contribution >= 4 is 23.6 Å². The van der Waals surface area contributed by atoms with Crippen molar-refractivity contribution in [3.63, 3.8) is 0 Å². The molecule has 5 heteroatoms. The van der Waals surface area contributed by atoms with Gasteiger partial charge in [0.1, 0.15) is 0 Å². The summed E-state index contributed by atoms with van der Waals surface area (Å²) in [4.78, 5) is 25.3. The maximum Gasteiger partial charge on any atom is 0.308 e. The number of likely N-dealkylation sites (tertiary alicyclic amines) is 1. The zero-order chi connectivity index (χ0) is 13.7. The number of carboxylic acids is 1. The van der Waals surface area contributed by atoms with Crippen LogP contribution in [0, 0.1) is 5.92 Å². The van der Waals surface area contributed by atoms with E-state index in [-0.39, 0.29) is 12.3 Å². The van der Waals surface area contributed by atoms with Gasteiger partial charge in [-0.3, -0.25) is 9.59 Å². The lowest BCUT2D eigenvalue weighted by Crippen LogP contribution is -2.27. The van der Waals surface area contributed by atoms with E-state index in [0.717, 1.165) is 12.2 Å². The van der Waals surface area contributed by atoms with Crippen LogP contribution in [-0.4, -0.2) is 40.7 Å². The Bertz CT molecular complexity index is 449. The average Bonchev–Trinajstić information content (AvgIpc) is 2.78. The highest BCUT2D eigenvalue weighted by atomic mass is 32.2. The lowest BCUT2D eigenvalue weighted by atomic mass is 10.1. The third-order valence-electron chi connectivity index (χ3n) is 3.15. The third kappa shape index (κ3) is 3.99. The zero-order valence-electron chi connectivity index (χ0n) is 10.6. The van der Waals surface area contributed by atoms with E-state index in [0.29, 0.717) is 13.1 Å². The van der Waals surface area contributed by atoms with Crippen molar-refractivity contribution in [3.8, 4) is 0 Å². The Morgan fingerprint density at radius 3 is 2.74 bits per heavy atom. The maximum atomic E-state index is 11.6. The van der Waals surface area contributed by atoms with Crippen LogP contribution in [0.5, 0.6) is 0 Å². The highest BCUT2D eigenvalue weighted by Crippen LogP contribution is 2.21. The van der Waals surface area contributed by atoms with Crippen molar-refractivity contribution in [1.82, 2.24) is 4.90 Å². The van der Waals surface area contributed by atoms with E-state index < -0.39 is 11.9 Å². The van der Waals surface area contributed by atoms with Gasteiger partial charge in [0.15, 0.2) is 0 Å². The highest BCUT2D eigenvalue weighted by Gasteiger charge is 2.33. The summed E-state index contributed by atoms with van der Waals surface area (Å²) in [6.07, 6.45) is 1.04. The van der Waals surface area contributed by atoms with Crippen LogP contribution in [0.15, 0.2) is 35.2 Å². The maximum absolute atomic E-state index is 11.6. The predicted molar refractivity (Wildman–Crippen MR) is 74.1 cm³/mol. The van der Waals surface area contributed by atoms with Crippen molar-refractivity contribution in [2.24, 2.45) is 5.92 Å². The number of aliphatic carboxylic acids is 1. The Morgan fingerprint density at radius 1 is 1.37 bits per heavy atom. The second-order valence-corrected chi connectivity index (χ2v) is 5.76. The fourth-order valence-electron chi connectivity index (χ4n) is 2.12. The van der Waals surface area contributed by atoms with E-state index in [2.05, 4.69) is 12.1 Å². The number of hydrogen-bond acceptors (Lipinski definition) is 3. The highest BCUT2D eigenvalue weighted by molar-refractivity contribution is 7.99. The summed E-state index contributed by atoms with van der Waals surface area (Å²) in [7, 11) is 0. The molecule has 2 rings (SSSR count). The number of carbonyl (C=O) groups excluding carboxylic acids is 1. The predicted octanol–water partition coefficient (Wildman–Crippen LogP) is 2.10. The molecule has 0 bridgehead atoms. The van der Waals surface area contributed by atoms with Gasteiger partial charge in [-0.05, 0) is 24.3 Å². The molecule has 1 aliphatic rings. The van der Waals surface area contributed by atoms with Gasteiger partial charge in [-0.15, -0.1) is 11.8 Å². The average molecular weight is 279 g/mol. The van der Waals surface area contributed by atoms with E-state index in [9.17, 15) is 9.59 Å². The first-order chi connectivity index (χ1) is 9.16. The van der Waals surface area contributed by atoms with Crippen LogP contribution in [0.3, 0.4) is 0 Å². The largest absolute Gasteiger partial charge is 0.481 e. The van der Waals surface area contributed by atoms with Crippen molar-refractivity contribution in [1.29, 1.82) is 0 Å². The van der Waals surface area contributed by atoms with E-state index in [1.165, 1.54) is 4.90 Å². The van der Waals surface area contributed by atoms with Gasteiger partial charge in [0.2, 0.25) is 5.91 Å². The standard InChI is InChI=1S/C14H17NO3S/c16-13-9-11(14(17)18)10-15(13)7-4-8-19-12-5-2-1-3-6-12/h1-3,5-6,11H,4,7-10H2,(H,17,18). The minimum absolute atomic E-state index is 0.0305. The topological polar surface area (TPSA) is 57.6 Å². The number of carbonyl (C=O) groups is 2. The van der Waals surface area contributed by atoms with Gasteiger partial charge in [-0.25, -0.2) is 0 Å². The molecule has 1 amide bonds. The SMILES string of the molecule is O=C(O)C1CC(=O)N(CCCSc2ccccc2)C1. The van der Waals surface area contributed by atoms with Crippen molar-refractivity contribution in [2.75, 3.05) is 18.8 Å². The molecule has 1 atom stereocenters. The number of nitrogens with zero attached hydrogens (tertiary/aromatic N) is 1. The van der Waals surface area contributed by atoms with Gasteiger partial charge in [0.25, 0.3) is 0 Å². The van der Waals surface area contributed by atoms with Crippen LogP contribution in [0.25, 0.3) is 0 Å². The molecule has 1 aromatic carbocycles. The molecule has 4 nitrogen and oxygen atoms in total. The second-order valence-electron chi connectivity index (χ2n) is 4.59. The Kier molecular flexibility index (Phi) is 4.85. The van der Waals surface area contributed by atoms with Crippen LogP contribution < -0.4 is 0 Å². The summed E-state index contributed by atoms with van der Waals surface area (Å²) >= 11 is 1.76. The summed E-state index contributed by atoms with van der Waals surface area (Å²) in [5.41, 5.74) is 0.